The topological polar surface area (TPSA) is 50.7 Å². The van der Waals surface area contributed by atoms with Crippen LogP contribution in [0, 0.1) is 0 Å². The molecule has 0 unspecified atom stereocenters. The number of nitrogens with one attached hydrogen (secondary N) is 1. The van der Waals surface area contributed by atoms with Crippen LogP contribution < -0.4 is 5.32 Å². The number of carbonyl (C=O) groups excluding carboxylic acids is 1. The smallest absolute Gasteiger partial charge is 0.330 e. The summed E-state index contributed by atoms with van der Waals surface area (Å²) in [7, 11) is 1.36. The van der Waals surface area contributed by atoms with Gasteiger partial charge >= 0.3 is 5.97 Å². The zero-order valence-corrected chi connectivity index (χ0v) is 11.1. The van der Waals surface area contributed by atoms with E-state index in [0.717, 1.165) is 5.04 Å². The van der Waals surface area contributed by atoms with Gasteiger partial charge in [-0.1, -0.05) is 11.8 Å². The molecule has 4 nitrogen and oxygen atoms in total. The van der Waals surface area contributed by atoms with Crippen molar-refractivity contribution in [1.82, 2.24) is 5.32 Å². The van der Waals surface area contributed by atoms with E-state index in [0.29, 0.717) is 0 Å². The Kier molecular flexibility index (Phi) is 3.80. The lowest BCUT2D eigenvalue weighted by atomic mass is 10.1. The number of methoxy groups -OCH3 is 1. The molecule has 0 radical (unpaired) electrons. The lowest BCUT2D eigenvalue weighted by Crippen LogP contribution is -2.47. The highest BCUT2D eigenvalue weighted by Gasteiger charge is 2.38. The molecule has 90 valence electrons. The Balaban J connectivity index is 2.67. The van der Waals surface area contributed by atoms with Gasteiger partial charge in [-0.3, -0.25) is 10.3 Å². The van der Waals surface area contributed by atoms with Gasteiger partial charge < -0.3 is 4.74 Å². The number of rotatable bonds is 2. The van der Waals surface area contributed by atoms with E-state index in [1.165, 1.54) is 24.9 Å². The number of thioether (sulfide) groups is 1. The predicted molar refractivity (Wildman–Crippen MR) is 67.5 cm³/mol. The highest BCUT2D eigenvalue weighted by atomic mass is 32.2. The number of nitrogens with zero attached hydrogens (tertiary/aromatic N) is 1. The summed E-state index contributed by atoms with van der Waals surface area (Å²) in [5.41, 5.74) is -0.403. The fourth-order valence-corrected chi connectivity index (χ4v) is 2.57. The Morgan fingerprint density at radius 3 is 2.50 bits per heavy atom. The number of aliphatic imine (C=N–C) groups is 1. The Morgan fingerprint density at radius 1 is 1.44 bits per heavy atom. The molecule has 16 heavy (non-hydrogen) atoms. The van der Waals surface area contributed by atoms with Crippen LogP contribution in [0.1, 0.15) is 27.7 Å². The van der Waals surface area contributed by atoms with E-state index in [2.05, 4.69) is 28.9 Å². The highest BCUT2D eigenvalue weighted by Crippen LogP contribution is 2.29. The van der Waals surface area contributed by atoms with Crippen molar-refractivity contribution >= 4 is 22.8 Å². The third-order valence-corrected chi connectivity index (χ3v) is 3.22. The predicted octanol–water partition coefficient (Wildman–Crippen LogP) is 1.92. The first-order chi connectivity index (χ1) is 7.27. The minimum atomic E-state index is -0.351. The molecule has 0 atom stereocenters. The molecular formula is C11H18N2O2S. The molecule has 1 heterocycles. The number of hydrogen-bond acceptors (Lipinski definition) is 5. The van der Waals surface area contributed by atoms with E-state index < -0.39 is 0 Å². The van der Waals surface area contributed by atoms with Crippen molar-refractivity contribution in [3.8, 4) is 0 Å². The summed E-state index contributed by atoms with van der Waals surface area (Å²) in [4.78, 5) is 15.5. The number of hydrogen-bond donors (Lipinski definition) is 1. The molecule has 0 aromatic carbocycles. The van der Waals surface area contributed by atoms with Crippen LogP contribution >= 0.6 is 11.8 Å². The first-order valence-corrected chi connectivity index (χ1v) is 5.96. The van der Waals surface area contributed by atoms with E-state index in [1.807, 2.05) is 13.8 Å². The molecule has 0 aromatic rings. The number of esters is 1. The standard InChI is InChI=1S/C11H18N2O2S/c1-10(2)9(12-11(3,4)13-10)16-7-6-8(14)15-5/h6-7,13H,1-5H3. The average Bonchev–Trinajstić information content (AvgIpc) is 2.34. The van der Waals surface area contributed by atoms with Crippen LogP contribution in [-0.2, 0) is 9.53 Å². The van der Waals surface area contributed by atoms with Crippen LogP contribution in [0.25, 0.3) is 0 Å². The summed E-state index contributed by atoms with van der Waals surface area (Å²) in [5.74, 6) is -0.351. The summed E-state index contributed by atoms with van der Waals surface area (Å²) in [6.07, 6.45) is 1.40. The van der Waals surface area contributed by atoms with Crippen LogP contribution in [0.4, 0.5) is 0 Å². The van der Waals surface area contributed by atoms with E-state index in [9.17, 15) is 4.79 Å². The van der Waals surface area contributed by atoms with Gasteiger partial charge in [0.2, 0.25) is 0 Å². The van der Waals surface area contributed by atoms with Gasteiger partial charge in [-0.15, -0.1) is 0 Å². The van der Waals surface area contributed by atoms with Gasteiger partial charge in [-0.25, -0.2) is 4.79 Å². The minimum Gasteiger partial charge on any atom is -0.466 e. The van der Waals surface area contributed by atoms with Crippen LogP contribution in [-0.4, -0.2) is 29.3 Å². The molecule has 5 heteroatoms. The summed E-state index contributed by atoms with van der Waals surface area (Å²) >= 11 is 1.44. The molecule has 1 rings (SSSR count). The van der Waals surface area contributed by atoms with E-state index in [1.54, 1.807) is 5.41 Å². The second kappa shape index (κ2) is 4.59. The molecule has 0 spiro atoms. The maximum atomic E-state index is 10.9. The molecule has 1 aliphatic heterocycles. The van der Waals surface area contributed by atoms with Gasteiger partial charge in [-0.05, 0) is 33.1 Å². The van der Waals surface area contributed by atoms with Gasteiger partial charge in [0.05, 0.1) is 17.7 Å². The van der Waals surface area contributed by atoms with Crippen molar-refractivity contribution in [3.63, 3.8) is 0 Å². The van der Waals surface area contributed by atoms with E-state index >= 15 is 0 Å². The monoisotopic (exact) mass is 242 g/mol. The molecular weight excluding hydrogens is 224 g/mol. The Bertz CT molecular complexity index is 346. The maximum Gasteiger partial charge on any atom is 0.330 e. The van der Waals surface area contributed by atoms with Crippen molar-refractivity contribution in [2.75, 3.05) is 7.11 Å². The fourth-order valence-electron chi connectivity index (χ4n) is 1.64. The van der Waals surface area contributed by atoms with Gasteiger partial charge in [-0.2, -0.15) is 0 Å². The van der Waals surface area contributed by atoms with Crippen molar-refractivity contribution in [2.45, 2.75) is 38.9 Å². The fraction of sp³-hybridized carbons (Fsp3) is 0.636. The lowest BCUT2D eigenvalue weighted by Gasteiger charge is -2.24. The second-order valence-electron chi connectivity index (χ2n) is 4.67. The summed E-state index contributed by atoms with van der Waals surface area (Å²) in [6.45, 7) is 8.18. The van der Waals surface area contributed by atoms with Crippen LogP contribution in [0.5, 0.6) is 0 Å². The third kappa shape index (κ3) is 3.35. The van der Waals surface area contributed by atoms with E-state index in [-0.39, 0.29) is 17.2 Å². The maximum absolute atomic E-state index is 10.9. The van der Waals surface area contributed by atoms with Crippen LogP contribution in [0.3, 0.4) is 0 Å². The number of carbonyl (C=O) groups is 1. The van der Waals surface area contributed by atoms with Gasteiger partial charge in [0.1, 0.15) is 5.66 Å². The molecule has 1 N–H and O–H groups in total. The van der Waals surface area contributed by atoms with Crippen LogP contribution in [0.15, 0.2) is 16.5 Å². The van der Waals surface area contributed by atoms with Crippen molar-refractivity contribution in [2.24, 2.45) is 4.99 Å². The molecule has 0 bridgehead atoms. The average molecular weight is 242 g/mol. The second-order valence-corrected chi connectivity index (χ2v) is 5.56. The van der Waals surface area contributed by atoms with Gasteiger partial charge in [0.25, 0.3) is 0 Å². The summed E-state index contributed by atoms with van der Waals surface area (Å²) < 4.78 is 4.51. The largest absolute Gasteiger partial charge is 0.466 e. The lowest BCUT2D eigenvalue weighted by molar-refractivity contribution is -0.134. The summed E-state index contributed by atoms with van der Waals surface area (Å²) in [6, 6.07) is 0. The van der Waals surface area contributed by atoms with Gasteiger partial charge in [0, 0.05) is 6.08 Å². The SMILES string of the molecule is COC(=O)C=CSC1=NC(C)(C)NC1(C)C. The Labute approximate surface area is 101 Å². The molecule has 1 aliphatic rings. The first-order valence-electron chi connectivity index (χ1n) is 5.08. The van der Waals surface area contributed by atoms with Crippen molar-refractivity contribution < 1.29 is 9.53 Å². The molecule has 0 aliphatic carbocycles. The summed E-state index contributed by atoms with van der Waals surface area (Å²) in [5, 5.41) is 6.07. The molecule has 0 saturated carbocycles. The number of ether oxygens (including phenoxy) is 1. The van der Waals surface area contributed by atoms with E-state index in [4.69, 9.17) is 0 Å². The molecule has 0 fully saturated rings. The Hall–Kier alpha value is -0.810. The van der Waals surface area contributed by atoms with Crippen LogP contribution in [0.2, 0.25) is 0 Å². The van der Waals surface area contributed by atoms with Gasteiger partial charge in [0.15, 0.2) is 0 Å². The normalized spacial score (nSPS) is 22.2. The zero-order valence-electron chi connectivity index (χ0n) is 10.3. The zero-order chi connectivity index (χ0) is 12.4. The quantitative estimate of drug-likeness (QED) is 0.594. The highest BCUT2D eigenvalue weighted by molar-refractivity contribution is 8.16. The van der Waals surface area contributed by atoms with Crippen molar-refractivity contribution in [1.29, 1.82) is 0 Å². The first kappa shape index (κ1) is 13.3. The van der Waals surface area contributed by atoms with Crippen molar-refractivity contribution in [3.05, 3.63) is 11.5 Å². The molecule has 0 saturated heterocycles. The molecule has 0 amide bonds. The third-order valence-electron chi connectivity index (χ3n) is 2.12. The molecule has 0 aromatic heterocycles. The Morgan fingerprint density at radius 2 is 2.06 bits per heavy atom. The minimum absolute atomic E-state index is 0.158.